The molecule has 90 valence electrons. The molecule has 0 bridgehead atoms. The van der Waals surface area contributed by atoms with Crippen LogP contribution in [0.4, 0.5) is 0 Å². The standard InChI is InChI=1S/C11H24N2O2/c1-5-7-13-10(14)8-12-9-11(3,4)15-6-2/h12H,5-9H2,1-4H3,(H,13,14). The normalized spacial score (nSPS) is 11.5. The number of hydrogen-bond acceptors (Lipinski definition) is 3. The molecule has 0 atom stereocenters. The summed E-state index contributed by atoms with van der Waals surface area (Å²) in [6.07, 6.45) is 0.968. The molecule has 2 N–H and O–H groups in total. The number of carbonyl (C=O) groups is 1. The predicted octanol–water partition coefficient (Wildman–Crippen LogP) is 0.917. The third-order valence-electron chi connectivity index (χ3n) is 1.94. The molecular weight excluding hydrogens is 192 g/mol. The van der Waals surface area contributed by atoms with Gasteiger partial charge in [0.15, 0.2) is 0 Å². The summed E-state index contributed by atoms with van der Waals surface area (Å²) in [5.74, 6) is 0.0455. The Morgan fingerprint density at radius 2 is 2.00 bits per heavy atom. The van der Waals surface area contributed by atoms with E-state index in [9.17, 15) is 4.79 Å². The highest BCUT2D eigenvalue weighted by Crippen LogP contribution is 2.06. The van der Waals surface area contributed by atoms with E-state index in [1.165, 1.54) is 0 Å². The topological polar surface area (TPSA) is 50.4 Å². The third-order valence-corrected chi connectivity index (χ3v) is 1.94. The first kappa shape index (κ1) is 14.4. The van der Waals surface area contributed by atoms with Crippen molar-refractivity contribution in [2.24, 2.45) is 0 Å². The molecule has 0 radical (unpaired) electrons. The molecule has 0 unspecified atom stereocenters. The van der Waals surface area contributed by atoms with Gasteiger partial charge in [0.25, 0.3) is 0 Å². The first-order valence-corrected chi connectivity index (χ1v) is 5.63. The van der Waals surface area contributed by atoms with Gasteiger partial charge in [0.05, 0.1) is 12.1 Å². The Morgan fingerprint density at radius 1 is 1.33 bits per heavy atom. The van der Waals surface area contributed by atoms with Gasteiger partial charge >= 0.3 is 0 Å². The van der Waals surface area contributed by atoms with E-state index in [-0.39, 0.29) is 11.5 Å². The van der Waals surface area contributed by atoms with Crippen molar-refractivity contribution in [3.05, 3.63) is 0 Å². The van der Waals surface area contributed by atoms with Gasteiger partial charge < -0.3 is 15.4 Å². The fourth-order valence-electron chi connectivity index (χ4n) is 1.25. The Kier molecular flexibility index (Phi) is 7.34. The summed E-state index contributed by atoms with van der Waals surface area (Å²) in [5, 5.41) is 5.89. The van der Waals surface area contributed by atoms with Gasteiger partial charge in [0.1, 0.15) is 0 Å². The molecule has 0 aliphatic carbocycles. The fraction of sp³-hybridized carbons (Fsp3) is 0.909. The largest absolute Gasteiger partial charge is 0.375 e. The molecule has 0 saturated heterocycles. The average molecular weight is 216 g/mol. The SMILES string of the molecule is CCCNC(=O)CNCC(C)(C)OCC. The second kappa shape index (κ2) is 7.65. The zero-order valence-electron chi connectivity index (χ0n) is 10.4. The summed E-state index contributed by atoms with van der Waals surface area (Å²) in [7, 11) is 0. The van der Waals surface area contributed by atoms with Crippen molar-refractivity contribution in [2.45, 2.75) is 39.7 Å². The van der Waals surface area contributed by atoms with Gasteiger partial charge in [-0.25, -0.2) is 0 Å². The molecule has 0 rings (SSSR count). The number of ether oxygens (including phenoxy) is 1. The Balaban J connectivity index is 3.55. The molecule has 0 saturated carbocycles. The van der Waals surface area contributed by atoms with Crippen molar-refractivity contribution in [3.63, 3.8) is 0 Å². The predicted molar refractivity (Wildman–Crippen MR) is 61.9 cm³/mol. The molecule has 15 heavy (non-hydrogen) atoms. The first-order valence-electron chi connectivity index (χ1n) is 5.63. The molecule has 0 heterocycles. The smallest absolute Gasteiger partial charge is 0.233 e. The summed E-state index contributed by atoms with van der Waals surface area (Å²) in [6.45, 7) is 10.5. The number of rotatable bonds is 8. The summed E-state index contributed by atoms with van der Waals surface area (Å²) >= 11 is 0. The second-order valence-electron chi connectivity index (χ2n) is 4.15. The van der Waals surface area contributed by atoms with Crippen LogP contribution in [0.3, 0.4) is 0 Å². The summed E-state index contributed by atoms with van der Waals surface area (Å²) in [6, 6.07) is 0. The van der Waals surface area contributed by atoms with Crippen molar-refractivity contribution >= 4 is 5.91 Å². The van der Waals surface area contributed by atoms with E-state index in [1.807, 2.05) is 27.7 Å². The maximum atomic E-state index is 11.2. The lowest BCUT2D eigenvalue weighted by Crippen LogP contribution is -2.42. The summed E-state index contributed by atoms with van der Waals surface area (Å²) in [5.41, 5.74) is -0.209. The van der Waals surface area contributed by atoms with E-state index in [1.54, 1.807) is 0 Å². The van der Waals surface area contributed by atoms with Crippen molar-refractivity contribution in [2.75, 3.05) is 26.2 Å². The molecule has 4 heteroatoms. The molecule has 0 spiro atoms. The van der Waals surface area contributed by atoms with E-state index in [2.05, 4.69) is 10.6 Å². The van der Waals surface area contributed by atoms with Gasteiger partial charge in [-0.1, -0.05) is 6.92 Å². The van der Waals surface area contributed by atoms with E-state index in [0.29, 0.717) is 19.7 Å². The van der Waals surface area contributed by atoms with Gasteiger partial charge in [0, 0.05) is 19.7 Å². The van der Waals surface area contributed by atoms with Crippen LogP contribution in [0.15, 0.2) is 0 Å². The molecular formula is C11H24N2O2. The van der Waals surface area contributed by atoms with Crippen LogP contribution in [0.2, 0.25) is 0 Å². The highest BCUT2D eigenvalue weighted by atomic mass is 16.5. The maximum absolute atomic E-state index is 11.2. The number of hydrogen-bond donors (Lipinski definition) is 2. The number of nitrogens with one attached hydrogen (secondary N) is 2. The zero-order valence-corrected chi connectivity index (χ0v) is 10.4. The van der Waals surface area contributed by atoms with E-state index < -0.39 is 0 Å². The van der Waals surface area contributed by atoms with Crippen molar-refractivity contribution in [1.82, 2.24) is 10.6 Å². The Morgan fingerprint density at radius 3 is 2.53 bits per heavy atom. The lowest BCUT2D eigenvalue weighted by Gasteiger charge is -2.24. The van der Waals surface area contributed by atoms with Gasteiger partial charge in [-0.05, 0) is 27.2 Å². The summed E-state index contributed by atoms with van der Waals surface area (Å²) in [4.78, 5) is 11.2. The summed E-state index contributed by atoms with van der Waals surface area (Å²) < 4.78 is 5.50. The minimum absolute atomic E-state index is 0.0455. The second-order valence-corrected chi connectivity index (χ2v) is 4.15. The molecule has 0 aromatic heterocycles. The number of amides is 1. The molecule has 0 aromatic rings. The van der Waals surface area contributed by atoms with Crippen LogP contribution >= 0.6 is 0 Å². The Bertz CT molecular complexity index is 181. The quantitative estimate of drug-likeness (QED) is 0.634. The molecule has 0 aliphatic heterocycles. The van der Waals surface area contributed by atoms with Crippen LogP contribution in [0.25, 0.3) is 0 Å². The number of carbonyl (C=O) groups excluding carboxylic acids is 1. The third kappa shape index (κ3) is 8.39. The minimum Gasteiger partial charge on any atom is -0.375 e. The highest BCUT2D eigenvalue weighted by molar-refractivity contribution is 5.77. The van der Waals surface area contributed by atoms with Crippen LogP contribution in [0.5, 0.6) is 0 Å². The van der Waals surface area contributed by atoms with Gasteiger partial charge in [-0.15, -0.1) is 0 Å². The lowest BCUT2D eigenvalue weighted by molar-refractivity contribution is -0.120. The molecule has 1 amide bonds. The maximum Gasteiger partial charge on any atom is 0.233 e. The minimum atomic E-state index is -0.209. The lowest BCUT2D eigenvalue weighted by atomic mass is 10.1. The molecule has 0 fully saturated rings. The van der Waals surface area contributed by atoms with E-state index in [0.717, 1.165) is 13.0 Å². The van der Waals surface area contributed by atoms with Crippen molar-refractivity contribution < 1.29 is 9.53 Å². The van der Waals surface area contributed by atoms with Gasteiger partial charge in [-0.2, -0.15) is 0 Å². The fourth-order valence-corrected chi connectivity index (χ4v) is 1.25. The zero-order chi connectivity index (χ0) is 11.7. The molecule has 0 aromatic carbocycles. The van der Waals surface area contributed by atoms with Crippen LogP contribution in [0, 0.1) is 0 Å². The van der Waals surface area contributed by atoms with E-state index >= 15 is 0 Å². The van der Waals surface area contributed by atoms with Crippen LogP contribution in [-0.4, -0.2) is 37.7 Å². The first-order chi connectivity index (χ1) is 7.02. The Labute approximate surface area is 92.8 Å². The monoisotopic (exact) mass is 216 g/mol. The van der Waals surface area contributed by atoms with Gasteiger partial charge in [0.2, 0.25) is 5.91 Å². The van der Waals surface area contributed by atoms with Crippen molar-refractivity contribution in [1.29, 1.82) is 0 Å². The average Bonchev–Trinajstić information content (AvgIpc) is 2.14. The molecule has 4 nitrogen and oxygen atoms in total. The van der Waals surface area contributed by atoms with Crippen molar-refractivity contribution in [3.8, 4) is 0 Å². The van der Waals surface area contributed by atoms with E-state index in [4.69, 9.17) is 4.74 Å². The van der Waals surface area contributed by atoms with Crippen LogP contribution in [0.1, 0.15) is 34.1 Å². The van der Waals surface area contributed by atoms with Gasteiger partial charge in [-0.3, -0.25) is 4.79 Å². The van der Waals surface area contributed by atoms with Crippen LogP contribution < -0.4 is 10.6 Å². The highest BCUT2D eigenvalue weighted by Gasteiger charge is 2.16. The molecule has 0 aliphatic rings. The Hall–Kier alpha value is -0.610. The van der Waals surface area contributed by atoms with Crippen LogP contribution in [-0.2, 0) is 9.53 Å².